The Labute approximate surface area is 160 Å². The summed E-state index contributed by atoms with van der Waals surface area (Å²) in [7, 11) is 0. The molecular weight excluding hydrogens is 387 g/mol. The summed E-state index contributed by atoms with van der Waals surface area (Å²) in [5.74, 6) is -0.534. The fourth-order valence-corrected chi connectivity index (χ4v) is 2.33. The van der Waals surface area contributed by atoms with Crippen molar-refractivity contribution in [3.63, 3.8) is 0 Å². The Hall–Kier alpha value is -1.95. The average molecular weight is 402 g/mol. The molecule has 0 heterocycles. The van der Waals surface area contributed by atoms with Crippen LogP contribution in [0.25, 0.3) is 0 Å². The summed E-state index contributed by atoms with van der Waals surface area (Å²) in [4.78, 5) is 23.9. The van der Waals surface area contributed by atoms with Gasteiger partial charge in [-0.2, -0.15) is 0 Å². The Kier molecular flexibility index (Phi) is 6.93. The lowest BCUT2D eigenvalue weighted by Gasteiger charge is -2.16. The second-order valence-electron chi connectivity index (χ2n) is 5.08. The number of rotatable bonds is 6. The molecule has 0 saturated carbocycles. The van der Waals surface area contributed by atoms with Gasteiger partial charge >= 0.3 is 0 Å². The maximum absolute atomic E-state index is 12.0. The predicted molar refractivity (Wildman–Crippen MR) is 99.6 cm³/mol. The van der Waals surface area contributed by atoms with Gasteiger partial charge in [-0.3, -0.25) is 9.59 Å². The van der Waals surface area contributed by atoms with E-state index in [1.54, 1.807) is 49.4 Å². The number of carbonyl (C=O) groups is 2. The van der Waals surface area contributed by atoms with Gasteiger partial charge in [0.1, 0.15) is 10.8 Å². The van der Waals surface area contributed by atoms with E-state index in [4.69, 9.17) is 39.5 Å². The molecule has 0 radical (unpaired) electrons. The maximum atomic E-state index is 12.0. The maximum Gasteiger partial charge on any atom is 0.261 e. The van der Waals surface area contributed by atoms with Gasteiger partial charge in [-0.1, -0.05) is 40.9 Å². The molecule has 2 amide bonds. The first-order chi connectivity index (χ1) is 11.9. The fourth-order valence-electron chi connectivity index (χ4n) is 1.87. The molecule has 2 rings (SSSR count). The molecule has 5 nitrogen and oxygen atoms in total. The van der Waals surface area contributed by atoms with Gasteiger partial charge < -0.3 is 15.4 Å². The highest BCUT2D eigenvalue weighted by molar-refractivity contribution is 6.42. The van der Waals surface area contributed by atoms with Crippen LogP contribution < -0.4 is 15.4 Å². The standard InChI is InChI=1S/C17H15Cl3N2O3/c1-10(25-14-4-2-3-13(19)16(14)20)17(24)21-9-15(23)22-12-7-5-11(18)6-8-12/h2-8,10H,9H2,1H3,(H,21,24)(H,22,23). The molecule has 0 saturated heterocycles. The molecule has 0 fully saturated rings. The number of hydrogen-bond donors (Lipinski definition) is 2. The quantitative estimate of drug-likeness (QED) is 0.763. The molecule has 8 heteroatoms. The summed E-state index contributed by atoms with van der Waals surface area (Å²) < 4.78 is 5.48. The summed E-state index contributed by atoms with van der Waals surface area (Å²) in [5.41, 5.74) is 0.582. The van der Waals surface area contributed by atoms with Crippen LogP contribution in [0.3, 0.4) is 0 Å². The third-order valence-corrected chi connectivity index (χ3v) is 4.19. The minimum Gasteiger partial charge on any atom is -0.479 e. The smallest absolute Gasteiger partial charge is 0.261 e. The lowest BCUT2D eigenvalue weighted by molar-refractivity contribution is -0.129. The highest BCUT2D eigenvalue weighted by Crippen LogP contribution is 2.32. The first kappa shape index (κ1) is 19.4. The zero-order chi connectivity index (χ0) is 18.4. The fraction of sp³-hybridized carbons (Fsp3) is 0.176. The van der Waals surface area contributed by atoms with Crippen molar-refractivity contribution in [1.82, 2.24) is 5.32 Å². The van der Waals surface area contributed by atoms with Crippen molar-refractivity contribution in [3.05, 3.63) is 57.5 Å². The summed E-state index contributed by atoms with van der Waals surface area (Å²) in [5, 5.41) is 6.25. The van der Waals surface area contributed by atoms with Crippen LogP contribution in [-0.4, -0.2) is 24.5 Å². The van der Waals surface area contributed by atoms with Crippen LogP contribution in [0.1, 0.15) is 6.92 Å². The van der Waals surface area contributed by atoms with E-state index in [9.17, 15) is 9.59 Å². The van der Waals surface area contributed by atoms with E-state index in [0.29, 0.717) is 21.5 Å². The van der Waals surface area contributed by atoms with Crippen molar-refractivity contribution in [2.75, 3.05) is 11.9 Å². The number of amides is 2. The lowest BCUT2D eigenvalue weighted by atomic mass is 10.3. The number of benzene rings is 2. The van der Waals surface area contributed by atoms with Crippen molar-refractivity contribution in [2.24, 2.45) is 0 Å². The number of ether oxygens (including phenoxy) is 1. The summed E-state index contributed by atoms with van der Waals surface area (Å²) in [6, 6.07) is 11.5. The van der Waals surface area contributed by atoms with Crippen LogP contribution in [0.15, 0.2) is 42.5 Å². The second-order valence-corrected chi connectivity index (χ2v) is 6.31. The summed E-state index contributed by atoms with van der Waals surface area (Å²) in [6.45, 7) is 1.35. The van der Waals surface area contributed by atoms with Crippen LogP contribution >= 0.6 is 34.8 Å². The van der Waals surface area contributed by atoms with Crippen molar-refractivity contribution in [1.29, 1.82) is 0 Å². The predicted octanol–water partition coefficient (Wildman–Crippen LogP) is 4.17. The van der Waals surface area contributed by atoms with Crippen LogP contribution in [0.5, 0.6) is 5.75 Å². The van der Waals surface area contributed by atoms with E-state index in [0.717, 1.165) is 0 Å². The summed E-state index contributed by atoms with van der Waals surface area (Å²) in [6.07, 6.45) is -0.848. The topological polar surface area (TPSA) is 67.4 Å². The van der Waals surface area contributed by atoms with E-state index >= 15 is 0 Å². The minimum absolute atomic E-state index is 0.196. The number of nitrogens with one attached hydrogen (secondary N) is 2. The molecule has 2 N–H and O–H groups in total. The van der Waals surface area contributed by atoms with E-state index in [2.05, 4.69) is 10.6 Å². The monoisotopic (exact) mass is 400 g/mol. The molecule has 0 aliphatic carbocycles. The largest absolute Gasteiger partial charge is 0.479 e. The van der Waals surface area contributed by atoms with Crippen LogP contribution in [0.2, 0.25) is 15.1 Å². The highest BCUT2D eigenvalue weighted by atomic mass is 35.5. The third kappa shape index (κ3) is 5.81. The molecule has 2 aromatic carbocycles. The van der Waals surface area contributed by atoms with Crippen molar-refractivity contribution in [3.8, 4) is 5.75 Å². The molecule has 2 aromatic rings. The van der Waals surface area contributed by atoms with E-state index in [1.807, 2.05) is 0 Å². The zero-order valence-electron chi connectivity index (χ0n) is 13.2. The molecule has 1 unspecified atom stereocenters. The molecule has 0 bridgehead atoms. The number of hydrogen-bond acceptors (Lipinski definition) is 3. The third-order valence-electron chi connectivity index (χ3n) is 3.14. The SMILES string of the molecule is CC(Oc1cccc(Cl)c1Cl)C(=O)NCC(=O)Nc1ccc(Cl)cc1. The van der Waals surface area contributed by atoms with Gasteiger partial charge in [0.05, 0.1) is 11.6 Å². The van der Waals surface area contributed by atoms with E-state index < -0.39 is 12.0 Å². The van der Waals surface area contributed by atoms with Gasteiger partial charge in [0, 0.05) is 10.7 Å². The Morgan fingerprint density at radius 3 is 2.44 bits per heavy atom. The van der Waals surface area contributed by atoms with Crippen molar-refractivity contribution >= 4 is 52.3 Å². The molecule has 0 aliphatic heterocycles. The first-order valence-corrected chi connectivity index (χ1v) is 8.44. The van der Waals surface area contributed by atoms with Gasteiger partial charge in [0.25, 0.3) is 5.91 Å². The van der Waals surface area contributed by atoms with E-state index in [-0.39, 0.29) is 17.5 Å². The van der Waals surface area contributed by atoms with Gasteiger partial charge in [0.2, 0.25) is 5.91 Å². The molecule has 25 heavy (non-hydrogen) atoms. The number of carbonyl (C=O) groups excluding carboxylic acids is 2. The Bertz CT molecular complexity index is 766. The van der Waals surface area contributed by atoms with Crippen LogP contribution in [0.4, 0.5) is 5.69 Å². The molecule has 0 spiro atoms. The van der Waals surface area contributed by atoms with Gasteiger partial charge in [-0.15, -0.1) is 0 Å². The highest BCUT2D eigenvalue weighted by Gasteiger charge is 2.17. The number of anilines is 1. The van der Waals surface area contributed by atoms with Gasteiger partial charge in [-0.05, 0) is 43.3 Å². The average Bonchev–Trinajstić information content (AvgIpc) is 2.58. The summed E-state index contributed by atoms with van der Waals surface area (Å²) >= 11 is 17.7. The first-order valence-electron chi connectivity index (χ1n) is 7.30. The van der Waals surface area contributed by atoms with E-state index in [1.165, 1.54) is 0 Å². The van der Waals surface area contributed by atoms with Crippen molar-refractivity contribution < 1.29 is 14.3 Å². The Morgan fingerprint density at radius 1 is 1.08 bits per heavy atom. The normalized spacial score (nSPS) is 11.5. The molecule has 132 valence electrons. The molecule has 0 aromatic heterocycles. The van der Waals surface area contributed by atoms with Gasteiger partial charge in [0.15, 0.2) is 6.10 Å². The van der Waals surface area contributed by atoms with Crippen molar-refractivity contribution in [2.45, 2.75) is 13.0 Å². The van der Waals surface area contributed by atoms with Crippen LogP contribution in [0, 0.1) is 0 Å². The van der Waals surface area contributed by atoms with Crippen LogP contribution in [-0.2, 0) is 9.59 Å². The van der Waals surface area contributed by atoms with Gasteiger partial charge in [-0.25, -0.2) is 0 Å². The second kappa shape index (κ2) is 8.94. The Morgan fingerprint density at radius 2 is 1.76 bits per heavy atom. The minimum atomic E-state index is -0.848. The molecule has 1 atom stereocenters. The molecule has 0 aliphatic rings. The number of halogens is 3. The molecular formula is C17H15Cl3N2O3. The Balaban J connectivity index is 1.83. The lowest BCUT2D eigenvalue weighted by Crippen LogP contribution is -2.40. The zero-order valence-corrected chi connectivity index (χ0v) is 15.5.